The average Bonchev–Trinajstić information content (AvgIpc) is 3.09. The molecule has 3 rings (SSSR count). The third kappa shape index (κ3) is 4.90. The lowest BCUT2D eigenvalue weighted by molar-refractivity contribution is -0.112. The van der Waals surface area contributed by atoms with E-state index in [2.05, 4.69) is 41.5 Å². The normalized spacial score (nSPS) is 11.1. The molecular formula is C22H19N3OS. The standard InChI is InChI=1S/C22H19N3OS/c1-15-7-9-17(10-8-15)11-20-14-24-22(27-20)25-21(26)19(13-23)12-18-6-4-3-5-16(18)2/h3-10,12,14H,11H2,1-2H3,(H,24,25,26). The number of rotatable bonds is 5. The van der Waals surface area contributed by atoms with Crippen LogP contribution in [0.4, 0.5) is 5.13 Å². The molecule has 1 N–H and O–H groups in total. The number of nitrogens with one attached hydrogen (secondary N) is 1. The number of hydrogen-bond acceptors (Lipinski definition) is 4. The van der Waals surface area contributed by atoms with Crippen molar-refractivity contribution in [3.63, 3.8) is 0 Å². The van der Waals surface area contributed by atoms with Crippen LogP contribution in [0.25, 0.3) is 6.08 Å². The van der Waals surface area contributed by atoms with Crippen LogP contribution in [0.5, 0.6) is 0 Å². The van der Waals surface area contributed by atoms with Gasteiger partial charge in [0.2, 0.25) is 0 Å². The first-order valence-corrected chi connectivity index (χ1v) is 9.36. The molecule has 0 aliphatic rings. The molecule has 0 radical (unpaired) electrons. The topological polar surface area (TPSA) is 65.8 Å². The number of benzene rings is 2. The molecule has 27 heavy (non-hydrogen) atoms. The predicted molar refractivity (Wildman–Crippen MR) is 109 cm³/mol. The van der Waals surface area contributed by atoms with Gasteiger partial charge in [-0.05, 0) is 36.6 Å². The van der Waals surface area contributed by atoms with Crippen molar-refractivity contribution in [2.24, 2.45) is 0 Å². The summed E-state index contributed by atoms with van der Waals surface area (Å²) >= 11 is 1.42. The average molecular weight is 373 g/mol. The molecule has 2 aromatic carbocycles. The summed E-state index contributed by atoms with van der Waals surface area (Å²) in [7, 11) is 0. The number of carbonyl (C=O) groups excluding carboxylic acids is 1. The van der Waals surface area contributed by atoms with Crippen LogP contribution in [0.2, 0.25) is 0 Å². The molecule has 4 nitrogen and oxygen atoms in total. The first kappa shape index (κ1) is 18.6. The minimum atomic E-state index is -0.447. The molecule has 0 spiro atoms. The van der Waals surface area contributed by atoms with E-state index in [1.54, 1.807) is 12.3 Å². The van der Waals surface area contributed by atoms with E-state index in [0.29, 0.717) is 5.13 Å². The summed E-state index contributed by atoms with van der Waals surface area (Å²) in [5, 5.41) is 12.6. The van der Waals surface area contributed by atoms with Gasteiger partial charge >= 0.3 is 0 Å². The van der Waals surface area contributed by atoms with Gasteiger partial charge < -0.3 is 0 Å². The van der Waals surface area contributed by atoms with Crippen molar-refractivity contribution in [2.45, 2.75) is 20.3 Å². The number of amides is 1. The number of nitrogens with zero attached hydrogens (tertiary/aromatic N) is 2. The summed E-state index contributed by atoms with van der Waals surface area (Å²) < 4.78 is 0. The maximum absolute atomic E-state index is 12.4. The lowest BCUT2D eigenvalue weighted by atomic mass is 10.1. The molecule has 5 heteroatoms. The van der Waals surface area contributed by atoms with Crippen LogP contribution in [-0.2, 0) is 11.2 Å². The third-order valence-corrected chi connectivity index (χ3v) is 5.04. The van der Waals surface area contributed by atoms with Gasteiger partial charge in [0.1, 0.15) is 11.6 Å². The van der Waals surface area contributed by atoms with Gasteiger partial charge in [-0.2, -0.15) is 5.26 Å². The fourth-order valence-corrected chi connectivity index (χ4v) is 3.41. The smallest absolute Gasteiger partial charge is 0.268 e. The minimum absolute atomic E-state index is 0.0552. The van der Waals surface area contributed by atoms with E-state index in [1.165, 1.54) is 22.5 Å². The molecule has 0 saturated heterocycles. The van der Waals surface area contributed by atoms with Crippen molar-refractivity contribution in [3.05, 3.63) is 87.4 Å². The Kier molecular flexibility index (Phi) is 5.80. The number of aryl methyl sites for hydroxylation is 2. The molecule has 0 saturated carbocycles. The second-order valence-electron chi connectivity index (χ2n) is 6.27. The predicted octanol–water partition coefficient (Wildman–Crippen LogP) is 4.90. The Morgan fingerprint density at radius 2 is 1.93 bits per heavy atom. The summed E-state index contributed by atoms with van der Waals surface area (Å²) in [4.78, 5) is 17.7. The number of hydrogen-bond donors (Lipinski definition) is 1. The quantitative estimate of drug-likeness (QED) is 0.511. The Morgan fingerprint density at radius 3 is 2.63 bits per heavy atom. The Morgan fingerprint density at radius 1 is 1.19 bits per heavy atom. The monoisotopic (exact) mass is 373 g/mol. The summed E-state index contributed by atoms with van der Waals surface area (Å²) in [6, 6.07) is 17.9. The lowest BCUT2D eigenvalue weighted by Gasteiger charge is -2.02. The van der Waals surface area contributed by atoms with E-state index < -0.39 is 5.91 Å². The van der Waals surface area contributed by atoms with Gasteiger partial charge in [-0.1, -0.05) is 54.1 Å². The molecule has 0 atom stereocenters. The maximum atomic E-state index is 12.4. The summed E-state index contributed by atoms with van der Waals surface area (Å²) in [6.07, 6.45) is 4.13. The molecule has 1 amide bonds. The number of thiazole rings is 1. The highest BCUT2D eigenvalue weighted by Gasteiger charge is 2.12. The zero-order valence-electron chi connectivity index (χ0n) is 15.2. The van der Waals surface area contributed by atoms with Crippen LogP contribution in [0.15, 0.2) is 60.3 Å². The summed E-state index contributed by atoms with van der Waals surface area (Å²) in [5.74, 6) is -0.447. The summed E-state index contributed by atoms with van der Waals surface area (Å²) in [6.45, 7) is 4.00. The SMILES string of the molecule is Cc1ccc(Cc2cnc(NC(=O)C(C#N)=Cc3ccccc3C)s2)cc1. The number of anilines is 1. The van der Waals surface area contributed by atoms with E-state index >= 15 is 0 Å². The number of nitriles is 1. The Bertz CT molecular complexity index is 1030. The van der Waals surface area contributed by atoms with Crippen molar-refractivity contribution >= 4 is 28.5 Å². The number of carbonyl (C=O) groups is 1. The molecule has 0 bridgehead atoms. The van der Waals surface area contributed by atoms with Gasteiger partial charge in [0.25, 0.3) is 5.91 Å². The molecule has 0 aliphatic carbocycles. The second kappa shape index (κ2) is 8.43. The Hall–Kier alpha value is -3.23. The largest absolute Gasteiger partial charge is 0.297 e. The highest BCUT2D eigenvalue weighted by atomic mass is 32.1. The van der Waals surface area contributed by atoms with Gasteiger partial charge in [0.05, 0.1) is 0 Å². The van der Waals surface area contributed by atoms with Gasteiger partial charge in [0.15, 0.2) is 5.13 Å². The molecular weight excluding hydrogens is 354 g/mol. The van der Waals surface area contributed by atoms with Crippen molar-refractivity contribution in [2.75, 3.05) is 5.32 Å². The molecule has 3 aromatic rings. The second-order valence-corrected chi connectivity index (χ2v) is 7.39. The van der Waals surface area contributed by atoms with E-state index in [-0.39, 0.29) is 5.57 Å². The molecule has 0 unspecified atom stereocenters. The van der Waals surface area contributed by atoms with Crippen molar-refractivity contribution < 1.29 is 4.79 Å². The third-order valence-electron chi connectivity index (χ3n) is 4.13. The molecule has 1 heterocycles. The van der Waals surface area contributed by atoms with E-state index in [1.807, 2.05) is 37.3 Å². The molecule has 0 aliphatic heterocycles. The fraction of sp³-hybridized carbons (Fsp3) is 0.136. The minimum Gasteiger partial charge on any atom is -0.297 e. The Balaban J connectivity index is 1.70. The van der Waals surface area contributed by atoms with Crippen LogP contribution < -0.4 is 5.32 Å². The lowest BCUT2D eigenvalue weighted by Crippen LogP contribution is -2.13. The van der Waals surface area contributed by atoms with E-state index in [9.17, 15) is 10.1 Å². The molecule has 134 valence electrons. The molecule has 0 fully saturated rings. The maximum Gasteiger partial charge on any atom is 0.268 e. The van der Waals surface area contributed by atoms with Crippen LogP contribution in [-0.4, -0.2) is 10.9 Å². The molecule has 1 aromatic heterocycles. The fourth-order valence-electron chi connectivity index (χ4n) is 2.57. The highest BCUT2D eigenvalue weighted by molar-refractivity contribution is 7.15. The van der Waals surface area contributed by atoms with Gasteiger partial charge in [-0.3, -0.25) is 10.1 Å². The van der Waals surface area contributed by atoms with Crippen LogP contribution in [0.1, 0.15) is 27.1 Å². The highest BCUT2D eigenvalue weighted by Crippen LogP contribution is 2.22. The Labute approximate surface area is 162 Å². The van der Waals surface area contributed by atoms with Crippen LogP contribution in [0, 0.1) is 25.2 Å². The first-order chi connectivity index (χ1) is 13.0. The van der Waals surface area contributed by atoms with Crippen LogP contribution >= 0.6 is 11.3 Å². The van der Waals surface area contributed by atoms with Crippen molar-refractivity contribution in [1.29, 1.82) is 5.26 Å². The zero-order chi connectivity index (χ0) is 19.2. The van der Waals surface area contributed by atoms with Crippen molar-refractivity contribution in [3.8, 4) is 6.07 Å². The van der Waals surface area contributed by atoms with Crippen molar-refractivity contribution in [1.82, 2.24) is 4.98 Å². The van der Waals surface area contributed by atoms with Crippen LogP contribution in [0.3, 0.4) is 0 Å². The number of aromatic nitrogens is 1. The first-order valence-electron chi connectivity index (χ1n) is 8.54. The summed E-state index contributed by atoms with van der Waals surface area (Å²) in [5.41, 5.74) is 4.33. The van der Waals surface area contributed by atoms with E-state index in [0.717, 1.165) is 22.4 Å². The van der Waals surface area contributed by atoms with Gasteiger partial charge in [0, 0.05) is 17.5 Å². The van der Waals surface area contributed by atoms with Gasteiger partial charge in [-0.25, -0.2) is 4.98 Å². The zero-order valence-corrected chi connectivity index (χ0v) is 16.0. The van der Waals surface area contributed by atoms with Gasteiger partial charge in [-0.15, -0.1) is 11.3 Å². The van der Waals surface area contributed by atoms with E-state index in [4.69, 9.17) is 0 Å².